The molecule has 6 heteroatoms. The third kappa shape index (κ3) is 1.31. The van der Waals surface area contributed by atoms with Crippen LogP contribution in [0.2, 0.25) is 0 Å². The van der Waals surface area contributed by atoms with Crippen molar-refractivity contribution in [1.82, 2.24) is 0 Å². The SMILES string of the molecule is CC1(C(=O)O)CCC1S(=O)(=O)Cl. The highest BCUT2D eigenvalue weighted by atomic mass is 35.7. The van der Waals surface area contributed by atoms with Crippen LogP contribution < -0.4 is 0 Å². The Kier molecular flexibility index (Phi) is 2.12. The summed E-state index contributed by atoms with van der Waals surface area (Å²) in [7, 11) is 1.35. The summed E-state index contributed by atoms with van der Waals surface area (Å²) in [5, 5.41) is 7.78. The summed E-state index contributed by atoms with van der Waals surface area (Å²) in [6.45, 7) is 1.41. The summed E-state index contributed by atoms with van der Waals surface area (Å²) < 4.78 is 21.7. The molecule has 0 aliphatic heterocycles. The number of carboxylic acids is 1. The van der Waals surface area contributed by atoms with E-state index in [9.17, 15) is 13.2 Å². The molecule has 0 heterocycles. The van der Waals surface area contributed by atoms with E-state index in [-0.39, 0.29) is 0 Å². The van der Waals surface area contributed by atoms with Gasteiger partial charge in [0.1, 0.15) is 0 Å². The predicted octanol–water partition coefficient (Wildman–Crippen LogP) is 0.808. The predicted molar refractivity (Wildman–Crippen MR) is 43.5 cm³/mol. The van der Waals surface area contributed by atoms with Crippen LogP contribution in [0.4, 0.5) is 0 Å². The summed E-state index contributed by atoms with van der Waals surface area (Å²) >= 11 is 0. The Morgan fingerprint density at radius 1 is 1.67 bits per heavy atom. The topological polar surface area (TPSA) is 71.4 Å². The Morgan fingerprint density at radius 3 is 2.25 bits per heavy atom. The standard InChI is InChI=1S/C6H9ClO4S/c1-6(5(8)9)3-2-4(6)12(7,10)11/h4H,2-3H2,1H3,(H,8,9). The van der Waals surface area contributed by atoms with E-state index in [4.69, 9.17) is 15.8 Å². The summed E-state index contributed by atoms with van der Waals surface area (Å²) in [5.41, 5.74) is -1.18. The van der Waals surface area contributed by atoms with Gasteiger partial charge in [-0.25, -0.2) is 8.42 Å². The third-order valence-corrected chi connectivity index (χ3v) is 4.55. The summed E-state index contributed by atoms with van der Waals surface area (Å²) in [6, 6.07) is 0. The van der Waals surface area contributed by atoms with Gasteiger partial charge >= 0.3 is 5.97 Å². The van der Waals surface area contributed by atoms with Crippen molar-refractivity contribution in [3.05, 3.63) is 0 Å². The number of halogens is 1. The molecule has 0 amide bonds. The van der Waals surface area contributed by atoms with Crippen molar-refractivity contribution < 1.29 is 18.3 Å². The molecule has 0 spiro atoms. The second-order valence-electron chi connectivity index (χ2n) is 3.23. The van der Waals surface area contributed by atoms with Gasteiger partial charge in [-0.1, -0.05) is 0 Å². The van der Waals surface area contributed by atoms with Gasteiger partial charge in [0.2, 0.25) is 9.05 Å². The normalized spacial score (nSPS) is 35.7. The Labute approximate surface area is 74.9 Å². The first-order valence-corrected chi connectivity index (χ1v) is 5.82. The zero-order chi connectivity index (χ0) is 9.57. The minimum absolute atomic E-state index is 0.342. The highest BCUT2D eigenvalue weighted by Crippen LogP contribution is 2.46. The number of aliphatic carboxylic acids is 1. The molecule has 70 valence electrons. The zero-order valence-corrected chi connectivity index (χ0v) is 8.02. The summed E-state index contributed by atoms with van der Waals surface area (Å²) in [4.78, 5) is 10.6. The van der Waals surface area contributed by atoms with Crippen LogP contribution >= 0.6 is 10.7 Å². The van der Waals surface area contributed by atoms with Gasteiger partial charge in [0.05, 0.1) is 10.7 Å². The van der Waals surface area contributed by atoms with Crippen LogP contribution in [0, 0.1) is 5.41 Å². The monoisotopic (exact) mass is 212 g/mol. The van der Waals surface area contributed by atoms with E-state index < -0.39 is 25.7 Å². The third-order valence-electron chi connectivity index (χ3n) is 2.46. The Bertz CT molecular complexity index is 310. The van der Waals surface area contributed by atoms with Gasteiger partial charge in [0.15, 0.2) is 0 Å². The average Bonchev–Trinajstić information content (AvgIpc) is 1.79. The lowest BCUT2D eigenvalue weighted by Crippen LogP contribution is -2.51. The van der Waals surface area contributed by atoms with Gasteiger partial charge < -0.3 is 5.11 Å². The maximum Gasteiger partial charge on any atom is 0.310 e. The highest BCUT2D eigenvalue weighted by Gasteiger charge is 2.55. The van der Waals surface area contributed by atoms with E-state index in [1.54, 1.807) is 0 Å². The second-order valence-corrected chi connectivity index (χ2v) is 6.04. The molecule has 1 N–H and O–H groups in total. The molecule has 0 saturated heterocycles. The maximum atomic E-state index is 10.8. The van der Waals surface area contributed by atoms with E-state index in [1.165, 1.54) is 6.92 Å². The molecule has 1 aliphatic rings. The molecule has 0 aromatic heterocycles. The van der Waals surface area contributed by atoms with E-state index in [0.29, 0.717) is 12.8 Å². The Balaban J connectivity index is 2.94. The van der Waals surface area contributed by atoms with Crippen molar-refractivity contribution in [2.75, 3.05) is 0 Å². The van der Waals surface area contributed by atoms with Crippen molar-refractivity contribution in [2.24, 2.45) is 5.41 Å². The van der Waals surface area contributed by atoms with Crippen LogP contribution in [0.25, 0.3) is 0 Å². The molecule has 1 aliphatic carbocycles. The van der Waals surface area contributed by atoms with Gasteiger partial charge in [-0.15, -0.1) is 0 Å². The van der Waals surface area contributed by atoms with E-state index >= 15 is 0 Å². The van der Waals surface area contributed by atoms with Crippen LogP contribution in [-0.4, -0.2) is 24.7 Å². The molecule has 0 aromatic carbocycles. The molecule has 0 aromatic rings. The van der Waals surface area contributed by atoms with Gasteiger partial charge in [0.25, 0.3) is 0 Å². The van der Waals surface area contributed by atoms with Crippen molar-refractivity contribution in [3.63, 3.8) is 0 Å². The lowest BCUT2D eigenvalue weighted by Gasteiger charge is -2.40. The highest BCUT2D eigenvalue weighted by molar-refractivity contribution is 8.14. The maximum absolute atomic E-state index is 10.8. The molecule has 0 bridgehead atoms. The first-order valence-electron chi connectivity index (χ1n) is 3.45. The minimum atomic E-state index is -3.73. The van der Waals surface area contributed by atoms with Gasteiger partial charge in [-0.3, -0.25) is 4.79 Å². The fraction of sp³-hybridized carbons (Fsp3) is 0.833. The summed E-state index contributed by atoms with van der Waals surface area (Å²) in [6.07, 6.45) is 0.716. The summed E-state index contributed by atoms with van der Waals surface area (Å²) in [5.74, 6) is -1.09. The van der Waals surface area contributed by atoms with Crippen LogP contribution in [0.5, 0.6) is 0 Å². The van der Waals surface area contributed by atoms with E-state index in [1.807, 2.05) is 0 Å². The number of hydrogen-bond acceptors (Lipinski definition) is 3. The molecule has 1 rings (SSSR count). The molecule has 1 saturated carbocycles. The minimum Gasteiger partial charge on any atom is -0.481 e. The molecular formula is C6H9ClO4S. The van der Waals surface area contributed by atoms with Crippen molar-refractivity contribution in [1.29, 1.82) is 0 Å². The van der Waals surface area contributed by atoms with Crippen molar-refractivity contribution in [2.45, 2.75) is 25.0 Å². The Hall–Kier alpha value is -0.290. The largest absolute Gasteiger partial charge is 0.481 e. The molecule has 4 nitrogen and oxygen atoms in total. The second kappa shape index (κ2) is 2.60. The van der Waals surface area contributed by atoms with Crippen molar-refractivity contribution >= 4 is 25.7 Å². The lowest BCUT2D eigenvalue weighted by molar-refractivity contribution is -0.152. The average molecular weight is 213 g/mol. The van der Waals surface area contributed by atoms with Gasteiger partial charge in [0, 0.05) is 10.7 Å². The molecular weight excluding hydrogens is 204 g/mol. The number of carboxylic acid groups (broad SMARTS) is 1. The molecule has 2 unspecified atom stereocenters. The number of hydrogen-bond donors (Lipinski definition) is 1. The van der Waals surface area contributed by atoms with E-state index in [0.717, 1.165) is 0 Å². The molecule has 2 atom stereocenters. The van der Waals surface area contributed by atoms with E-state index in [2.05, 4.69) is 0 Å². The Morgan fingerprint density at radius 2 is 2.17 bits per heavy atom. The fourth-order valence-electron chi connectivity index (χ4n) is 1.39. The smallest absolute Gasteiger partial charge is 0.310 e. The lowest BCUT2D eigenvalue weighted by atomic mass is 9.70. The fourth-order valence-corrected chi connectivity index (χ4v) is 3.49. The van der Waals surface area contributed by atoms with Crippen LogP contribution in [-0.2, 0) is 13.8 Å². The first-order chi connectivity index (χ1) is 5.28. The van der Waals surface area contributed by atoms with Crippen LogP contribution in [0.15, 0.2) is 0 Å². The van der Waals surface area contributed by atoms with Crippen LogP contribution in [0.1, 0.15) is 19.8 Å². The molecule has 0 radical (unpaired) electrons. The molecule has 1 fully saturated rings. The zero-order valence-electron chi connectivity index (χ0n) is 6.45. The number of carbonyl (C=O) groups is 1. The molecule has 12 heavy (non-hydrogen) atoms. The van der Waals surface area contributed by atoms with Gasteiger partial charge in [-0.05, 0) is 19.8 Å². The first kappa shape index (κ1) is 9.80. The quantitative estimate of drug-likeness (QED) is 0.688. The van der Waals surface area contributed by atoms with Crippen LogP contribution in [0.3, 0.4) is 0 Å². The van der Waals surface area contributed by atoms with Crippen molar-refractivity contribution in [3.8, 4) is 0 Å². The number of rotatable bonds is 2. The van der Waals surface area contributed by atoms with Gasteiger partial charge in [-0.2, -0.15) is 0 Å².